The van der Waals surface area contributed by atoms with Gasteiger partial charge in [0.15, 0.2) is 0 Å². The summed E-state index contributed by atoms with van der Waals surface area (Å²) in [7, 11) is 0. The molecule has 2 aromatic carbocycles. The molecule has 29 heavy (non-hydrogen) atoms. The first-order chi connectivity index (χ1) is 14.0. The van der Waals surface area contributed by atoms with Gasteiger partial charge in [-0.15, -0.1) is 0 Å². The van der Waals surface area contributed by atoms with E-state index in [-0.39, 0.29) is 5.92 Å². The van der Waals surface area contributed by atoms with Crippen molar-refractivity contribution in [3.8, 4) is 5.75 Å². The molecule has 0 saturated carbocycles. The lowest BCUT2D eigenvalue weighted by molar-refractivity contribution is 0.147. The fourth-order valence-corrected chi connectivity index (χ4v) is 2.42. The molecule has 0 aliphatic carbocycles. The molecule has 156 valence electrons. The van der Waals surface area contributed by atoms with Gasteiger partial charge in [-0.25, -0.2) is 9.59 Å². The first kappa shape index (κ1) is 22.2. The summed E-state index contributed by atoms with van der Waals surface area (Å²) in [6, 6.07) is 15.8. The molecule has 0 aliphatic heterocycles. The molecule has 2 aromatic rings. The zero-order valence-corrected chi connectivity index (χ0v) is 17.1. The molecule has 0 fully saturated rings. The maximum atomic E-state index is 12.8. The normalized spacial score (nSPS) is 10.5. The van der Waals surface area contributed by atoms with E-state index < -0.39 is 12.2 Å². The van der Waals surface area contributed by atoms with Gasteiger partial charge in [0.05, 0.1) is 19.8 Å². The summed E-state index contributed by atoms with van der Waals surface area (Å²) in [6.07, 6.45) is -1.08. The number of nitrogens with zero attached hydrogens (tertiary/aromatic N) is 1. The van der Waals surface area contributed by atoms with E-state index in [1.54, 1.807) is 24.3 Å². The van der Waals surface area contributed by atoms with Crippen molar-refractivity contribution in [2.75, 3.05) is 36.6 Å². The lowest BCUT2D eigenvalue weighted by Crippen LogP contribution is -2.36. The molecule has 0 radical (unpaired) electrons. The van der Waals surface area contributed by atoms with Crippen LogP contribution in [0.2, 0.25) is 0 Å². The minimum Gasteiger partial charge on any atom is -0.449 e. The number of carbonyl (C=O) groups is 2. The van der Waals surface area contributed by atoms with Crippen molar-refractivity contribution in [3.63, 3.8) is 0 Å². The predicted octanol–water partition coefficient (Wildman–Crippen LogP) is 4.93. The van der Waals surface area contributed by atoms with Gasteiger partial charge in [-0.1, -0.05) is 38.1 Å². The topological polar surface area (TPSA) is 77.1 Å². The van der Waals surface area contributed by atoms with Crippen LogP contribution in [0.1, 0.15) is 20.8 Å². The Labute approximate surface area is 171 Å². The molecule has 0 aromatic heterocycles. The quantitative estimate of drug-likeness (QED) is 0.604. The largest absolute Gasteiger partial charge is 0.449 e. The highest BCUT2D eigenvalue weighted by atomic mass is 16.6. The number of nitrogens with one attached hydrogen (secondary N) is 1. The molecule has 0 aliphatic rings. The summed E-state index contributed by atoms with van der Waals surface area (Å²) < 4.78 is 16.0. The van der Waals surface area contributed by atoms with Crippen LogP contribution < -0.4 is 15.0 Å². The summed E-state index contributed by atoms with van der Waals surface area (Å²) in [6.45, 7) is 7.45. The molecule has 7 heteroatoms. The second-order valence-corrected chi connectivity index (χ2v) is 6.70. The molecule has 0 unspecified atom stereocenters. The lowest BCUT2D eigenvalue weighted by atomic mass is 10.2. The first-order valence-electron chi connectivity index (χ1n) is 9.65. The minimum absolute atomic E-state index is 0.244. The average molecular weight is 400 g/mol. The Morgan fingerprint density at radius 1 is 1.07 bits per heavy atom. The standard InChI is InChI=1S/C22H28N2O5/c1-4-27-14-13-24(19-10-6-5-7-11-19)22(26)29-20-12-8-9-18(15-20)23-21(25)28-16-17(2)3/h5-12,15,17H,4,13-14,16H2,1-3H3,(H,23,25). The van der Waals surface area contributed by atoms with E-state index in [1.165, 1.54) is 4.90 Å². The van der Waals surface area contributed by atoms with Crippen molar-refractivity contribution in [1.82, 2.24) is 0 Å². The third kappa shape index (κ3) is 7.83. The zero-order valence-electron chi connectivity index (χ0n) is 17.1. The molecular formula is C22H28N2O5. The van der Waals surface area contributed by atoms with Gasteiger partial charge in [-0.05, 0) is 37.1 Å². The van der Waals surface area contributed by atoms with E-state index in [0.717, 1.165) is 0 Å². The summed E-state index contributed by atoms with van der Waals surface area (Å²) in [5, 5.41) is 2.63. The van der Waals surface area contributed by atoms with E-state index >= 15 is 0 Å². The summed E-state index contributed by atoms with van der Waals surface area (Å²) in [5.41, 5.74) is 1.19. The van der Waals surface area contributed by atoms with Crippen LogP contribution in [0.15, 0.2) is 54.6 Å². The molecule has 0 saturated heterocycles. The van der Waals surface area contributed by atoms with Crippen LogP contribution in [0.4, 0.5) is 21.0 Å². The van der Waals surface area contributed by atoms with Crippen LogP contribution >= 0.6 is 0 Å². The number of para-hydroxylation sites is 1. The van der Waals surface area contributed by atoms with Crippen molar-refractivity contribution in [3.05, 3.63) is 54.6 Å². The Kier molecular flexibility index (Phi) is 8.98. The molecule has 7 nitrogen and oxygen atoms in total. The second-order valence-electron chi connectivity index (χ2n) is 6.70. The van der Waals surface area contributed by atoms with Crippen molar-refractivity contribution in [1.29, 1.82) is 0 Å². The van der Waals surface area contributed by atoms with E-state index in [2.05, 4.69) is 5.32 Å². The molecule has 2 amide bonds. The van der Waals surface area contributed by atoms with Gasteiger partial charge in [-0.2, -0.15) is 0 Å². The number of anilines is 2. The minimum atomic E-state index is -0.551. The Morgan fingerprint density at radius 2 is 1.83 bits per heavy atom. The monoisotopic (exact) mass is 400 g/mol. The molecule has 0 bridgehead atoms. The molecule has 1 N–H and O–H groups in total. The molecule has 0 heterocycles. The van der Waals surface area contributed by atoms with Gasteiger partial charge in [-0.3, -0.25) is 10.2 Å². The smallest absolute Gasteiger partial charge is 0.419 e. The van der Waals surface area contributed by atoms with Crippen LogP contribution in [0, 0.1) is 5.92 Å². The molecule has 2 rings (SSSR count). The molecule has 0 spiro atoms. The van der Waals surface area contributed by atoms with Crippen molar-refractivity contribution < 1.29 is 23.8 Å². The Balaban J connectivity index is 2.04. The number of hydrogen-bond acceptors (Lipinski definition) is 5. The molecular weight excluding hydrogens is 372 g/mol. The number of amides is 2. The van der Waals surface area contributed by atoms with Crippen LogP contribution in [0.5, 0.6) is 5.75 Å². The Morgan fingerprint density at radius 3 is 2.52 bits per heavy atom. The third-order valence-electron chi connectivity index (χ3n) is 3.78. The highest BCUT2D eigenvalue weighted by Gasteiger charge is 2.18. The van der Waals surface area contributed by atoms with Crippen LogP contribution in [0.25, 0.3) is 0 Å². The van der Waals surface area contributed by atoms with Crippen LogP contribution in [-0.4, -0.2) is 38.6 Å². The van der Waals surface area contributed by atoms with Crippen LogP contribution in [-0.2, 0) is 9.47 Å². The lowest BCUT2D eigenvalue weighted by Gasteiger charge is -2.22. The predicted molar refractivity (Wildman–Crippen MR) is 113 cm³/mol. The number of ether oxygens (including phenoxy) is 3. The number of carbonyl (C=O) groups excluding carboxylic acids is 2. The van der Waals surface area contributed by atoms with E-state index in [0.29, 0.717) is 43.5 Å². The maximum Gasteiger partial charge on any atom is 0.419 e. The van der Waals surface area contributed by atoms with Gasteiger partial charge >= 0.3 is 12.2 Å². The van der Waals surface area contributed by atoms with Gasteiger partial charge in [0.2, 0.25) is 0 Å². The van der Waals surface area contributed by atoms with E-state index in [9.17, 15) is 9.59 Å². The highest BCUT2D eigenvalue weighted by molar-refractivity contribution is 5.89. The Hall–Kier alpha value is -3.06. The zero-order chi connectivity index (χ0) is 21.1. The fourth-order valence-electron chi connectivity index (χ4n) is 2.42. The SMILES string of the molecule is CCOCCN(C(=O)Oc1cccc(NC(=O)OCC(C)C)c1)c1ccccc1. The van der Waals surface area contributed by atoms with E-state index in [4.69, 9.17) is 14.2 Å². The second kappa shape index (κ2) is 11.7. The number of rotatable bonds is 9. The Bertz CT molecular complexity index is 780. The molecule has 0 atom stereocenters. The first-order valence-corrected chi connectivity index (χ1v) is 9.65. The van der Waals surface area contributed by atoms with Crippen molar-refractivity contribution >= 4 is 23.6 Å². The van der Waals surface area contributed by atoms with Crippen molar-refractivity contribution in [2.24, 2.45) is 5.92 Å². The maximum absolute atomic E-state index is 12.8. The van der Waals surface area contributed by atoms with Crippen molar-refractivity contribution in [2.45, 2.75) is 20.8 Å². The highest BCUT2D eigenvalue weighted by Crippen LogP contribution is 2.20. The van der Waals surface area contributed by atoms with Gasteiger partial charge in [0.25, 0.3) is 0 Å². The van der Waals surface area contributed by atoms with E-state index in [1.807, 2.05) is 51.1 Å². The number of benzene rings is 2. The summed E-state index contributed by atoms with van der Waals surface area (Å²) in [5.74, 6) is 0.558. The third-order valence-corrected chi connectivity index (χ3v) is 3.78. The average Bonchev–Trinajstić information content (AvgIpc) is 2.70. The number of hydrogen-bond donors (Lipinski definition) is 1. The van der Waals surface area contributed by atoms with Gasteiger partial charge in [0.1, 0.15) is 5.75 Å². The summed E-state index contributed by atoms with van der Waals surface area (Å²) >= 11 is 0. The fraction of sp³-hybridized carbons (Fsp3) is 0.364. The summed E-state index contributed by atoms with van der Waals surface area (Å²) in [4.78, 5) is 26.1. The van der Waals surface area contributed by atoms with Crippen LogP contribution in [0.3, 0.4) is 0 Å². The van der Waals surface area contributed by atoms with Gasteiger partial charge in [0, 0.05) is 24.0 Å². The van der Waals surface area contributed by atoms with Gasteiger partial charge < -0.3 is 14.2 Å².